The molecule has 0 aliphatic heterocycles. The third kappa shape index (κ3) is 6.43. The van der Waals surface area contributed by atoms with Gasteiger partial charge in [-0.05, 0) is 92.5 Å². The van der Waals surface area contributed by atoms with E-state index in [1.165, 1.54) is 51.4 Å². The molecule has 2 fully saturated rings. The van der Waals surface area contributed by atoms with Gasteiger partial charge >= 0.3 is 5.97 Å². The largest absolute Gasteiger partial charge is 0.426 e. The van der Waals surface area contributed by atoms with Crippen LogP contribution in [0.3, 0.4) is 0 Å². The highest BCUT2D eigenvalue weighted by Gasteiger charge is 2.33. The molecule has 0 saturated heterocycles. The van der Waals surface area contributed by atoms with Crippen LogP contribution in [0.2, 0.25) is 0 Å². The number of aryl methyl sites for hydroxylation is 1. The number of nitrogens with zero attached hydrogens (tertiary/aromatic N) is 2. The fourth-order valence-electron chi connectivity index (χ4n) is 5.98. The van der Waals surface area contributed by atoms with Gasteiger partial charge in [-0.15, -0.1) is 0 Å². The minimum Gasteiger partial charge on any atom is -0.426 e. The van der Waals surface area contributed by atoms with Crippen LogP contribution in [0.25, 0.3) is 11.4 Å². The molecule has 0 unspecified atom stereocenters. The quantitative estimate of drug-likeness (QED) is 0.311. The van der Waals surface area contributed by atoms with Crippen LogP contribution in [-0.4, -0.2) is 15.9 Å². The molecule has 0 spiro atoms. The number of ether oxygens (including phenoxy) is 1. The molecular weight excluding hydrogens is 408 g/mol. The maximum atomic E-state index is 12.8. The van der Waals surface area contributed by atoms with Crippen LogP contribution >= 0.6 is 0 Å². The smallest absolute Gasteiger partial charge is 0.314 e. The molecule has 0 atom stereocenters. The molecular formula is C29H40N2O2. The Bertz CT molecular complexity index is 861. The Balaban J connectivity index is 1.24. The van der Waals surface area contributed by atoms with E-state index in [1.807, 2.05) is 36.7 Å². The lowest BCUT2D eigenvalue weighted by Gasteiger charge is -2.37. The molecule has 2 aromatic rings. The molecule has 4 rings (SSSR count). The van der Waals surface area contributed by atoms with E-state index < -0.39 is 0 Å². The summed E-state index contributed by atoms with van der Waals surface area (Å²) in [6.45, 7) is 4.46. The highest BCUT2D eigenvalue weighted by Crippen LogP contribution is 2.42. The van der Waals surface area contributed by atoms with Gasteiger partial charge < -0.3 is 4.74 Å². The van der Waals surface area contributed by atoms with Crippen LogP contribution in [-0.2, 0) is 11.2 Å². The lowest BCUT2D eigenvalue weighted by Crippen LogP contribution is -2.30. The number of rotatable bonds is 8. The van der Waals surface area contributed by atoms with Crippen molar-refractivity contribution in [1.82, 2.24) is 9.97 Å². The molecule has 1 aromatic heterocycles. The molecule has 0 bridgehead atoms. The van der Waals surface area contributed by atoms with Crippen molar-refractivity contribution in [3.63, 3.8) is 0 Å². The predicted octanol–water partition coefficient (Wildman–Crippen LogP) is 7.41. The highest BCUT2D eigenvalue weighted by molar-refractivity contribution is 5.75. The van der Waals surface area contributed by atoms with Crippen LogP contribution in [0.1, 0.15) is 90.0 Å². The Labute approximate surface area is 199 Å². The Morgan fingerprint density at radius 1 is 0.848 bits per heavy atom. The van der Waals surface area contributed by atoms with Gasteiger partial charge in [-0.3, -0.25) is 4.79 Å². The summed E-state index contributed by atoms with van der Waals surface area (Å²) in [4.78, 5) is 21.7. The first kappa shape index (κ1) is 23.9. The zero-order chi connectivity index (χ0) is 23.0. The van der Waals surface area contributed by atoms with E-state index in [1.54, 1.807) is 0 Å². The highest BCUT2D eigenvalue weighted by atomic mass is 16.5. The Morgan fingerprint density at radius 3 is 2.03 bits per heavy atom. The average molecular weight is 449 g/mol. The molecule has 4 heteroatoms. The van der Waals surface area contributed by atoms with Gasteiger partial charge in [0.1, 0.15) is 5.75 Å². The first-order valence-electron chi connectivity index (χ1n) is 13.3. The summed E-state index contributed by atoms with van der Waals surface area (Å²) >= 11 is 0. The summed E-state index contributed by atoms with van der Waals surface area (Å²) < 4.78 is 5.74. The number of carbonyl (C=O) groups excluding carboxylic acids is 1. The van der Waals surface area contributed by atoms with Crippen molar-refractivity contribution in [3.8, 4) is 17.1 Å². The van der Waals surface area contributed by atoms with Crippen molar-refractivity contribution in [3.05, 3.63) is 42.2 Å². The third-order valence-corrected chi connectivity index (χ3v) is 7.94. The maximum Gasteiger partial charge on any atom is 0.314 e. The number of benzene rings is 1. The number of hydrogen-bond donors (Lipinski definition) is 0. The minimum atomic E-state index is -0.0620. The van der Waals surface area contributed by atoms with Crippen molar-refractivity contribution in [2.24, 2.45) is 23.7 Å². The zero-order valence-electron chi connectivity index (χ0n) is 20.5. The van der Waals surface area contributed by atoms with Crippen LogP contribution in [0.15, 0.2) is 36.7 Å². The lowest BCUT2D eigenvalue weighted by molar-refractivity contribution is -0.140. The molecule has 2 saturated carbocycles. The minimum absolute atomic E-state index is 0.0480. The second kappa shape index (κ2) is 11.8. The van der Waals surface area contributed by atoms with Crippen molar-refractivity contribution in [2.45, 2.75) is 90.9 Å². The molecule has 33 heavy (non-hydrogen) atoms. The van der Waals surface area contributed by atoms with E-state index in [4.69, 9.17) is 4.74 Å². The predicted molar refractivity (Wildman–Crippen MR) is 133 cm³/mol. The fraction of sp³-hybridized carbons (Fsp3) is 0.621. The maximum absolute atomic E-state index is 12.8. The monoisotopic (exact) mass is 448 g/mol. The Hall–Kier alpha value is -2.23. The van der Waals surface area contributed by atoms with Crippen LogP contribution < -0.4 is 4.74 Å². The molecule has 0 radical (unpaired) electrons. The molecule has 2 aliphatic carbocycles. The van der Waals surface area contributed by atoms with E-state index in [2.05, 4.69) is 23.8 Å². The standard InChI is InChI=1S/C29H40N2O2/c1-3-5-21-7-9-23(10-8-21)24-11-13-26(14-12-24)29(32)33-27-17-15-25(16-18-27)28-30-19-22(6-4-2)20-31-28/h15-21,23-24,26H,3-14H2,1-2H3/t21-,23-,24-,26-. The fourth-order valence-corrected chi connectivity index (χ4v) is 5.98. The van der Waals surface area contributed by atoms with Crippen LogP contribution in [0, 0.1) is 23.7 Å². The molecule has 4 nitrogen and oxygen atoms in total. The average Bonchev–Trinajstić information content (AvgIpc) is 2.86. The molecule has 0 N–H and O–H groups in total. The number of carbonyl (C=O) groups is 1. The van der Waals surface area contributed by atoms with E-state index in [0.717, 1.165) is 54.6 Å². The third-order valence-electron chi connectivity index (χ3n) is 7.94. The van der Waals surface area contributed by atoms with E-state index >= 15 is 0 Å². The van der Waals surface area contributed by atoms with Crippen molar-refractivity contribution in [2.75, 3.05) is 0 Å². The van der Waals surface area contributed by atoms with Crippen molar-refractivity contribution >= 4 is 5.97 Å². The second-order valence-corrected chi connectivity index (χ2v) is 10.3. The topological polar surface area (TPSA) is 52.1 Å². The summed E-state index contributed by atoms with van der Waals surface area (Å²) in [6.07, 6.45) is 18.6. The lowest BCUT2D eigenvalue weighted by atomic mass is 9.69. The van der Waals surface area contributed by atoms with Gasteiger partial charge in [-0.2, -0.15) is 0 Å². The van der Waals surface area contributed by atoms with Crippen LogP contribution in [0.5, 0.6) is 5.75 Å². The molecule has 0 amide bonds. The Kier molecular flexibility index (Phi) is 8.52. The first-order chi connectivity index (χ1) is 16.2. The second-order valence-electron chi connectivity index (χ2n) is 10.3. The summed E-state index contributed by atoms with van der Waals surface area (Å²) in [5.41, 5.74) is 2.10. The van der Waals surface area contributed by atoms with Crippen LogP contribution in [0.4, 0.5) is 0 Å². The molecule has 1 aromatic carbocycles. The van der Waals surface area contributed by atoms with Crippen molar-refractivity contribution < 1.29 is 9.53 Å². The van der Waals surface area contributed by atoms with Gasteiger partial charge in [-0.25, -0.2) is 9.97 Å². The van der Waals surface area contributed by atoms with Gasteiger partial charge in [0.15, 0.2) is 5.82 Å². The summed E-state index contributed by atoms with van der Waals surface area (Å²) in [5.74, 6) is 3.98. The Morgan fingerprint density at radius 2 is 1.45 bits per heavy atom. The summed E-state index contributed by atoms with van der Waals surface area (Å²) in [6, 6.07) is 7.58. The molecule has 1 heterocycles. The first-order valence-corrected chi connectivity index (χ1v) is 13.3. The van der Waals surface area contributed by atoms with E-state index in [9.17, 15) is 4.79 Å². The summed E-state index contributed by atoms with van der Waals surface area (Å²) in [5, 5.41) is 0. The van der Waals surface area contributed by atoms with Gasteiger partial charge in [0.2, 0.25) is 0 Å². The van der Waals surface area contributed by atoms with Gasteiger partial charge in [0.05, 0.1) is 5.92 Å². The number of hydrogen-bond acceptors (Lipinski definition) is 4. The van der Waals surface area contributed by atoms with Gasteiger partial charge in [0, 0.05) is 18.0 Å². The number of aromatic nitrogens is 2. The SMILES string of the molecule is CCCc1cnc(-c2ccc(OC(=O)[C@H]3CC[C@H]([C@H]4CC[C@H](CCC)CC4)CC3)cc2)nc1. The molecule has 178 valence electrons. The summed E-state index contributed by atoms with van der Waals surface area (Å²) in [7, 11) is 0. The van der Waals surface area contributed by atoms with Gasteiger partial charge in [0.25, 0.3) is 0 Å². The number of esters is 1. The zero-order valence-corrected chi connectivity index (χ0v) is 20.5. The normalized spacial score (nSPS) is 25.5. The molecule has 2 aliphatic rings. The van der Waals surface area contributed by atoms with E-state index in [-0.39, 0.29) is 11.9 Å². The van der Waals surface area contributed by atoms with Crippen molar-refractivity contribution in [1.29, 1.82) is 0 Å². The van der Waals surface area contributed by atoms with Gasteiger partial charge in [-0.1, -0.05) is 46.0 Å². The van der Waals surface area contributed by atoms with E-state index in [0.29, 0.717) is 11.6 Å².